The van der Waals surface area contributed by atoms with Gasteiger partial charge in [0.2, 0.25) is 0 Å². The lowest BCUT2D eigenvalue weighted by atomic mass is 10.2. The molecule has 2 aliphatic heterocycles. The zero-order valence-electron chi connectivity index (χ0n) is 32.4. The maximum atomic E-state index is 13.1. The Balaban J connectivity index is 0.000000204. The molecule has 320 valence electrons. The summed E-state index contributed by atoms with van der Waals surface area (Å²) in [5, 5.41) is 8.70. The Bertz CT molecular complexity index is 2200. The number of urea groups is 2. The van der Waals surface area contributed by atoms with E-state index in [0.29, 0.717) is 81.2 Å². The summed E-state index contributed by atoms with van der Waals surface area (Å²) >= 11 is 0. The van der Waals surface area contributed by atoms with Crippen molar-refractivity contribution in [2.45, 2.75) is 25.9 Å². The average molecular weight is 850 g/mol. The van der Waals surface area contributed by atoms with Crippen LogP contribution in [0.1, 0.15) is 34.3 Å². The van der Waals surface area contributed by atoms with Crippen LogP contribution in [0.2, 0.25) is 0 Å². The van der Waals surface area contributed by atoms with Gasteiger partial charge < -0.3 is 29.0 Å². The number of hydrogen-bond acceptors (Lipinski definition) is 13. The number of amides is 5. The first kappa shape index (κ1) is 43.6. The van der Waals surface area contributed by atoms with Crippen molar-refractivity contribution in [1.29, 1.82) is 0 Å². The minimum atomic E-state index is -3.20. The highest BCUT2D eigenvalue weighted by atomic mass is 19.3. The first-order valence-corrected chi connectivity index (χ1v) is 18.8. The lowest BCUT2D eigenvalue weighted by Gasteiger charge is -2.32. The van der Waals surface area contributed by atoms with Crippen LogP contribution in [0, 0.1) is 0 Å². The van der Waals surface area contributed by atoms with Crippen molar-refractivity contribution >= 4 is 35.1 Å². The molecule has 5 heterocycles. The third kappa shape index (κ3) is 12.1. The van der Waals surface area contributed by atoms with E-state index in [-0.39, 0.29) is 36.6 Å². The van der Waals surface area contributed by atoms with E-state index in [1.807, 2.05) is 53.8 Å². The number of hydrogen-bond donors (Lipinski definition) is 1. The van der Waals surface area contributed by atoms with Gasteiger partial charge >= 0.3 is 24.9 Å². The molecule has 22 heteroatoms. The van der Waals surface area contributed by atoms with Gasteiger partial charge in [-0.15, -0.1) is 10.2 Å². The second-order valence-electron chi connectivity index (χ2n) is 13.1. The largest absolute Gasteiger partial charge is 0.415 e. The standard InChI is InChI=1S/C20H21F2N5O4.C19H18F2N6O3/c21-18(22)19(29)25-12-16(28)14-10-23-17(24-11-14)13-27(15-4-2-1-3-5-15)20(30)26-6-8-31-9-7-26;20-16(21)18-25-24-17(30-18)13-10-22-15(23-11-13)12-27(14-4-2-1-3-5-14)19(28)26-6-8-29-9-7-26/h1-5,10-11,18H,6-9,12-13H2,(H,25,29);1-5,10-11,16H,6-9,12H2. The molecule has 2 saturated heterocycles. The van der Waals surface area contributed by atoms with E-state index < -0.39 is 37.0 Å². The first-order chi connectivity index (χ1) is 29.6. The molecule has 5 aromatic rings. The van der Waals surface area contributed by atoms with Crippen molar-refractivity contribution in [2.75, 3.05) is 69.0 Å². The Kier molecular flexibility index (Phi) is 15.3. The third-order valence-electron chi connectivity index (χ3n) is 8.99. The number of carbonyl (C=O) groups excluding carboxylic acids is 4. The lowest BCUT2D eigenvalue weighted by molar-refractivity contribution is -0.131. The number of ether oxygens (including phenoxy) is 2. The van der Waals surface area contributed by atoms with E-state index in [2.05, 4.69) is 30.1 Å². The molecule has 61 heavy (non-hydrogen) atoms. The van der Waals surface area contributed by atoms with Crippen LogP contribution in [0.3, 0.4) is 0 Å². The molecule has 5 amide bonds. The van der Waals surface area contributed by atoms with Crippen LogP contribution in [0.4, 0.5) is 38.5 Å². The van der Waals surface area contributed by atoms with E-state index in [4.69, 9.17) is 13.9 Å². The summed E-state index contributed by atoms with van der Waals surface area (Å²) in [7, 11) is 0. The number of rotatable bonds is 12. The third-order valence-corrected chi connectivity index (χ3v) is 8.99. The molecule has 18 nitrogen and oxygen atoms in total. The molecule has 7 rings (SSSR count). The number of nitrogens with one attached hydrogen (secondary N) is 1. The highest BCUT2D eigenvalue weighted by Gasteiger charge is 2.27. The zero-order valence-corrected chi connectivity index (χ0v) is 32.4. The molecule has 0 unspecified atom stereocenters. The first-order valence-electron chi connectivity index (χ1n) is 18.8. The predicted octanol–water partition coefficient (Wildman–Crippen LogP) is 4.42. The fourth-order valence-corrected chi connectivity index (χ4v) is 5.80. The number of nitrogens with zero attached hydrogens (tertiary/aromatic N) is 10. The number of carbonyl (C=O) groups is 4. The van der Waals surface area contributed by atoms with Crippen molar-refractivity contribution in [1.82, 2.24) is 45.2 Å². The van der Waals surface area contributed by atoms with Crippen molar-refractivity contribution in [3.8, 4) is 11.5 Å². The Labute approximate surface area is 345 Å². The topological polar surface area (TPSA) is 202 Å². The SMILES string of the molecule is O=C(CNC(=O)C(F)F)c1cnc(CN(C(=O)N2CCOCC2)c2ccccc2)nc1.O=C(N1CCOCC1)N(Cc1ncc(-c2nnc(C(F)F)o2)cn1)c1ccccc1. The van der Waals surface area contributed by atoms with Crippen LogP contribution >= 0.6 is 0 Å². The van der Waals surface area contributed by atoms with Gasteiger partial charge in [0.25, 0.3) is 17.7 Å². The fourth-order valence-electron chi connectivity index (χ4n) is 5.80. The second kappa shape index (κ2) is 21.4. The quantitative estimate of drug-likeness (QED) is 0.137. The predicted molar refractivity (Wildman–Crippen MR) is 206 cm³/mol. The molecule has 0 aliphatic carbocycles. The number of aromatic nitrogens is 6. The number of benzene rings is 2. The van der Waals surface area contributed by atoms with Crippen LogP contribution in [0.5, 0.6) is 0 Å². The molecule has 2 aliphatic rings. The molecule has 3 aromatic heterocycles. The number of Topliss-reactive ketones (excluding diaryl/α,β-unsaturated/α-hetero) is 1. The minimum Gasteiger partial charge on any atom is -0.415 e. The van der Waals surface area contributed by atoms with Gasteiger partial charge in [0.05, 0.1) is 57.2 Å². The molecular weight excluding hydrogens is 810 g/mol. The molecule has 0 atom stereocenters. The van der Waals surface area contributed by atoms with E-state index >= 15 is 0 Å². The Morgan fingerprint density at radius 3 is 1.54 bits per heavy atom. The van der Waals surface area contributed by atoms with Crippen molar-refractivity contribution in [2.24, 2.45) is 0 Å². The number of anilines is 2. The molecule has 0 bridgehead atoms. The van der Waals surface area contributed by atoms with Gasteiger partial charge in [0, 0.05) is 62.3 Å². The molecule has 1 N–H and O–H groups in total. The van der Waals surface area contributed by atoms with Crippen LogP contribution in [0.25, 0.3) is 11.5 Å². The summed E-state index contributed by atoms with van der Waals surface area (Å²) < 4.78 is 65.2. The molecule has 0 saturated carbocycles. The Morgan fingerprint density at radius 2 is 1.11 bits per heavy atom. The van der Waals surface area contributed by atoms with Crippen LogP contribution < -0.4 is 15.1 Å². The van der Waals surface area contributed by atoms with Crippen molar-refractivity contribution < 1.29 is 50.6 Å². The summed E-state index contributed by atoms with van der Waals surface area (Å²) in [6, 6.07) is 17.9. The summed E-state index contributed by atoms with van der Waals surface area (Å²) in [4.78, 5) is 72.3. The molecule has 2 fully saturated rings. The maximum Gasteiger partial charge on any atom is 0.325 e. The molecule has 0 spiro atoms. The smallest absolute Gasteiger partial charge is 0.325 e. The fraction of sp³-hybridized carbons (Fsp3) is 0.333. The van der Waals surface area contributed by atoms with Crippen LogP contribution in [-0.2, 0) is 27.4 Å². The van der Waals surface area contributed by atoms with Gasteiger partial charge in [-0.25, -0.2) is 29.5 Å². The summed E-state index contributed by atoms with van der Waals surface area (Å²) in [5.74, 6) is -2.33. The van der Waals surface area contributed by atoms with E-state index in [9.17, 15) is 36.7 Å². The highest BCUT2D eigenvalue weighted by molar-refractivity contribution is 5.99. The summed E-state index contributed by atoms with van der Waals surface area (Å²) in [6.45, 7) is 3.47. The van der Waals surface area contributed by atoms with Crippen molar-refractivity contribution in [3.05, 3.63) is 109 Å². The van der Waals surface area contributed by atoms with Gasteiger partial charge in [0.1, 0.15) is 11.6 Å². The van der Waals surface area contributed by atoms with Crippen LogP contribution in [0.15, 0.2) is 89.9 Å². The number of halogens is 4. The van der Waals surface area contributed by atoms with Gasteiger partial charge in [-0.05, 0) is 24.3 Å². The number of morpholine rings is 2. The monoisotopic (exact) mass is 849 g/mol. The molecule has 0 radical (unpaired) electrons. The normalized spacial score (nSPS) is 13.9. The average Bonchev–Trinajstić information content (AvgIpc) is 3.82. The van der Waals surface area contributed by atoms with Gasteiger partial charge in [-0.2, -0.15) is 17.6 Å². The van der Waals surface area contributed by atoms with Crippen molar-refractivity contribution in [3.63, 3.8) is 0 Å². The minimum absolute atomic E-state index is 0.0593. The van der Waals surface area contributed by atoms with E-state index in [1.54, 1.807) is 26.8 Å². The molecule has 2 aromatic carbocycles. The number of para-hydroxylation sites is 2. The van der Waals surface area contributed by atoms with Gasteiger partial charge in [-0.1, -0.05) is 36.4 Å². The van der Waals surface area contributed by atoms with Crippen LogP contribution in [-0.4, -0.2) is 129 Å². The summed E-state index contributed by atoms with van der Waals surface area (Å²) in [6.07, 6.45) is -0.777. The number of alkyl halides is 4. The van der Waals surface area contributed by atoms with E-state index in [1.165, 1.54) is 29.7 Å². The molecular formula is C39H39F4N11O7. The Morgan fingerprint density at radius 1 is 0.656 bits per heavy atom. The number of ketones is 1. The van der Waals surface area contributed by atoms with Gasteiger partial charge in [-0.3, -0.25) is 19.4 Å². The Hall–Kier alpha value is -6.94. The van der Waals surface area contributed by atoms with Gasteiger partial charge in [0.15, 0.2) is 5.78 Å². The van der Waals surface area contributed by atoms with E-state index in [0.717, 1.165) is 0 Å². The summed E-state index contributed by atoms with van der Waals surface area (Å²) in [5.41, 5.74) is 1.74. The lowest BCUT2D eigenvalue weighted by Crippen LogP contribution is -2.48. The zero-order chi connectivity index (χ0) is 43.1. The highest BCUT2D eigenvalue weighted by Crippen LogP contribution is 2.24. The second-order valence-corrected chi connectivity index (χ2v) is 13.1. The maximum absolute atomic E-state index is 13.1.